The van der Waals surface area contributed by atoms with E-state index < -0.39 is 0 Å². The van der Waals surface area contributed by atoms with Crippen LogP contribution in [0, 0.1) is 5.41 Å². The molecule has 4 rings (SSSR count). The average Bonchev–Trinajstić information content (AvgIpc) is 2.49. The lowest BCUT2D eigenvalue weighted by molar-refractivity contribution is -0.199. The Morgan fingerprint density at radius 1 is 1.17 bits per heavy atom. The van der Waals surface area contributed by atoms with E-state index in [2.05, 4.69) is 12.1 Å². The summed E-state index contributed by atoms with van der Waals surface area (Å²) in [6.45, 7) is 0.946. The number of hydrogen-bond donors (Lipinski definition) is 1. The largest absolute Gasteiger partial charge is 0.497 e. The second-order valence-corrected chi connectivity index (χ2v) is 5.67. The highest BCUT2D eigenvalue weighted by Crippen LogP contribution is 2.53. The number of ether oxygens (including phenoxy) is 2. The van der Waals surface area contributed by atoms with Crippen LogP contribution in [-0.4, -0.2) is 25.4 Å². The highest BCUT2D eigenvalue weighted by Gasteiger charge is 2.50. The standard InChI is InChI=1S/C15H20O3/c1-17-13-4-2-12(3-5-13)15-8-6-14(10-16,7-9-15)11-18-15/h2-5,16H,6-11H2,1H3. The van der Waals surface area contributed by atoms with Crippen LogP contribution in [0.1, 0.15) is 31.2 Å². The van der Waals surface area contributed by atoms with E-state index in [0.717, 1.165) is 31.4 Å². The molecule has 3 heteroatoms. The topological polar surface area (TPSA) is 38.7 Å². The maximum absolute atomic E-state index is 9.49. The van der Waals surface area contributed by atoms with Crippen LogP contribution in [0.5, 0.6) is 5.75 Å². The molecule has 0 spiro atoms. The van der Waals surface area contributed by atoms with Crippen molar-refractivity contribution < 1.29 is 14.6 Å². The molecule has 2 heterocycles. The number of methoxy groups -OCH3 is 1. The zero-order valence-electron chi connectivity index (χ0n) is 10.8. The van der Waals surface area contributed by atoms with Gasteiger partial charge >= 0.3 is 0 Å². The minimum absolute atomic E-state index is 0.0359. The van der Waals surface area contributed by atoms with Crippen LogP contribution < -0.4 is 4.74 Å². The summed E-state index contributed by atoms with van der Waals surface area (Å²) in [7, 11) is 1.68. The van der Waals surface area contributed by atoms with Crippen molar-refractivity contribution >= 4 is 0 Å². The van der Waals surface area contributed by atoms with E-state index in [0.29, 0.717) is 6.61 Å². The summed E-state index contributed by atoms with van der Waals surface area (Å²) < 4.78 is 11.3. The second-order valence-electron chi connectivity index (χ2n) is 5.67. The molecule has 0 aromatic heterocycles. The molecule has 1 N–H and O–H groups in total. The van der Waals surface area contributed by atoms with Gasteiger partial charge in [-0.15, -0.1) is 0 Å². The molecule has 0 amide bonds. The van der Waals surface area contributed by atoms with Gasteiger partial charge in [-0.3, -0.25) is 0 Å². The Hall–Kier alpha value is -1.06. The smallest absolute Gasteiger partial charge is 0.118 e. The fraction of sp³-hybridized carbons (Fsp3) is 0.600. The number of benzene rings is 1. The van der Waals surface area contributed by atoms with Crippen LogP contribution in [0.15, 0.2) is 24.3 Å². The SMILES string of the molecule is COc1ccc(C23CCC(CO)(CC2)CO3)cc1. The highest BCUT2D eigenvalue weighted by atomic mass is 16.5. The van der Waals surface area contributed by atoms with Gasteiger partial charge in [-0.05, 0) is 43.4 Å². The van der Waals surface area contributed by atoms with Crippen molar-refractivity contribution in [1.82, 2.24) is 0 Å². The van der Waals surface area contributed by atoms with E-state index in [1.165, 1.54) is 5.56 Å². The molecule has 18 heavy (non-hydrogen) atoms. The summed E-state index contributed by atoms with van der Waals surface area (Å²) in [5.74, 6) is 0.881. The fourth-order valence-corrected chi connectivity index (χ4v) is 3.23. The molecule has 3 aliphatic rings. The molecule has 0 atom stereocenters. The van der Waals surface area contributed by atoms with E-state index in [-0.39, 0.29) is 17.6 Å². The van der Waals surface area contributed by atoms with Crippen molar-refractivity contribution in [3.8, 4) is 5.75 Å². The molecular weight excluding hydrogens is 228 g/mol. The van der Waals surface area contributed by atoms with Crippen molar-refractivity contribution in [2.45, 2.75) is 31.3 Å². The van der Waals surface area contributed by atoms with Crippen LogP contribution >= 0.6 is 0 Å². The van der Waals surface area contributed by atoms with Gasteiger partial charge in [0.25, 0.3) is 0 Å². The van der Waals surface area contributed by atoms with Gasteiger partial charge in [-0.1, -0.05) is 12.1 Å². The lowest BCUT2D eigenvalue weighted by atomic mass is 9.64. The molecule has 2 saturated heterocycles. The summed E-state index contributed by atoms with van der Waals surface area (Å²) in [5, 5.41) is 9.49. The summed E-state index contributed by atoms with van der Waals surface area (Å²) in [4.78, 5) is 0. The number of fused-ring (bicyclic) bond motifs is 3. The minimum Gasteiger partial charge on any atom is -0.497 e. The molecule has 3 fully saturated rings. The Bertz CT molecular complexity index is 399. The maximum atomic E-state index is 9.49. The van der Waals surface area contributed by atoms with Gasteiger partial charge in [-0.2, -0.15) is 0 Å². The highest BCUT2D eigenvalue weighted by molar-refractivity contribution is 5.32. The van der Waals surface area contributed by atoms with Gasteiger partial charge in [0, 0.05) is 5.41 Å². The van der Waals surface area contributed by atoms with Crippen LogP contribution in [-0.2, 0) is 10.3 Å². The molecule has 1 aromatic carbocycles. The second kappa shape index (κ2) is 4.25. The molecule has 98 valence electrons. The Morgan fingerprint density at radius 2 is 1.83 bits per heavy atom. The normalized spacial score (nSPS) is 34.6. The predicted octanol–water partition coefficient (Wildman–Crippen LogP) is 2.47. The van der Waals surface area contributed by atoms with Gasteiger partial charge in [0.15, 0.2) is 0 Å². The van der Waals surface area contributed by atoms with Gasteiger partial charge in [0.05, 0.1) is 25.9 Å². The first-order valence-electron chi connectivity index (χ1n) is 6.61. The van der Waals surface area contributed by atoms with Crippen molar-refractivity contribution in [1.29, 1.82) is 0 Å². The van der Waals surface area contributed by atoms with Gasteiger partial charge in [-0.25, -0.2) is 0 Å². The monoisotopic (exact) mass is 248 g/mol. The summed E-state index contributed by atoms with van der Waals surface area (Å²) in [6.07, 6.45) is 4.16. The summed E-state index contributed by atoms with van der Waals surface area (Å²) >= 11 is 0. The van der Waals surface area contributed by atoms with Gasteiger partial charge in [0.2, 0.25) is 0 Å². The van der Waals surface area contributed by atoms with Gasteiger partial charge < -0.3 is 14.6 Å². The third kappa shape index (κ3) is 1.73. The van der Waals surface area contributed by atoms with E-state index >= 15 is 0 Å². The zero-order chi connectivity index (χ0) is 12.6. The number of aliphatic hydroxyl groups is 1. The quantitative estimate of drug-likeness (QED) is 0.893. The minimum atomic E-state index is -0.122. The lowest BCUT2D eigenvalue weighted by Gasteiger charge is -2.52. The van der Waals surface area contributed by atoms with Crippen LogP contribution in [0.25, 0.3) is 0 Å². The maximum Gasteiger partial charge on any atom is 0.118 e. The molecule has 2 aliphatic heterocycles. The van der Waals surface area contributed by atoms with E-state index in [1.807, 2.05) is 12.1 Å². The van der Waals surface area contributed by atoms with E-state index in [1.54, 1.807) is 7.11 Å². The van der Waals surface area contributed by atoms with E-state index in [4.69, 9.17) is 9.47 Å². The third-order valence-electron chi connectivity index (χ3n) is 4.72. The predicted molar refractivity (Wildman–Crippen MR) is 68.6 cm³/mol. The molecule has 1 saturated carbocycles. The van der Waals surface area contributed by atoms with Crippen LogP contribution in [0.3, 0.4) is 0 Å². The first-order chi connectivity index (χ1) is 8.72. The third-order valence-corrected chi connectivity index (χ3v) is 4.72. The number of rotatable bonds is 3. The van der Waals surface area contributed by atoms with Crippen molar-refractivity contribution in [3.63, 3.8) is 0 Å². The molecular formula is C15H20O3. The van der Waals surface area contributed by atoms with Gasteiger partial charge in [0.1, 0.15) is 5.75 Å². The van der Waals surface area contributed by atoms with Crippen LogP contribution in [0.2, 0.25) is 0 Å². The molecule has 3 nitrogen and oxygen atoms in total. The van der Waals surface area contributed by atoms with Crippen molar-refractivity contribution in [2.75, 3.05) is 20.3 Å². The lowest BCUT2D eigenvalue weighted by Crippen LogP contribution is -2.50. The molecule has 0 radical (unpaired) electrons. The van der Waals surface area contributed by atoms with Crippen molar-refractivity contribution in [3.05, 3.63) is 29.8 Å². The first kappa shape index (κ1) is 12.0. The Labute approximate surface area is 108 Å². The molecule has 1 aliphatic carbocycles. The number of aliphatic hydroxyl groups excluding tert-OH is 1. The Balaban J connectivity index is 1.84. The first-order valence-corrected chi connectivity index (χ1v) is 6.61. The zero-order valence-corrected chi connectivity index (χ0v) is 10.8. The van der Waals surface area contributed by atoms with E-state index in [9.17, 15) is 5.11 Å². The fourth-order valence-electron chi connectivity index (χ4n) is 3.23. The summed E-state index contributed by atoms with van der Waals surface area (Å²) in [5.41, 5.74) is 1.16. The average molecular weight is 248 g/mol. The summed E-state index contributed by atoms with van der Waals surface area (Å²) in [6, 6.07) is 8.21. The van der Waals surface area contributed by atoms with Crippen LogP contribution in [0.4, 0.5) is 0 Å². The molecule has 0 unspecified atom stereocenters. The molecule has 1 aromatic rings. The number of hydrogen-bond acceptors (Lipinski definition) is 3. The Morgan fingerprint density at radius 3 is 2.28 bits per heavy atom. The van der Waals surface area contributed by atoms with Crippen molar-refractivity contribution in [2.24, 2.45) is 5.41 Å². The Kier molecular flexibility index (Phi) is 2.83. The molecule has 2 bridgehead atoms.